The SMILES string of the molecule is N#Cc1cccn1CCC(NS(=O)(=O)c1cccc2[nH]ccc12)C(=O)N1CC[C@@H]2CCCC[C@H]2C1. The fourth-order valence-electron chi connectivity index (χ4n) is 5.77. The maximum atomic E-state index is 13.7. The second-order valence-corrected chi connectivity index (χ2v) is 11.4. The summed E-state index contributed by atoms with van der Waals surface area (Å²) in [5.41, 5.74) is 1.21. The molecule has 1 unspecified atom stereocenters. The molecular formula is C26H31N5O3S. The summed E-state index contributed by atoms with van der Waals surface area (Å²) < 4.78 is 31.5. The average molecular weight is 494 g/mol. The van der Waals surface area contributed by atoms with Gasteiger partial charge >= 0.3 is 0 Å². The molecule has 1 saturated heterocycles. The fourth-order valence-corrected chi connectivity index (χ4v) is 7.22. The zero-order chi connectivity index (χ0) is 24.4. The lowest BCUT2D eigenvalue weighted by Gasteiger charge is -2.42. The molecule has 1 aromatic carbocycles. The number of piperidine rings is 1. The van der Waals surface area contributed by atoms with Crippen LogP contribution in [-0.4, -0.2) is 47.9 Å². The van der Waals surface area contributed by atoms with Crippen LogP contribution in [0.25, 0.3) is 10.9 Å². The van der Waals surface area contributed by atoms with Crippen molar-refractivity contribution in [3.8, 4) is 6.07 Å². The lowest BCUT2D eigenvalue weighted by molar-refractivity contribution is -0.136. The summed E-state index contributed by atoms with van der Waals surface area (Å²) in [6, 6.07) is 11.5. The molecule has 2 aliphatic rings. The Balaban J connectivity index is 1.40. The van der Waals surface area contributed by atoms with Gasteiger partial charge in [-0.3, -0.25) is 4.79 Å². The number of sulfonamides is 1. The van der Waals surface area contributed by atoms with Crippen LogP contribution in [0.3, 0.4) is 0 Å². The number of benzene rings is 1. The highest BCUT2D eigenvalue weighted by molar-refractivity contribution is 7.89. The van der Waals surface area contributed by atoms with Crippen molar-refractivity contribution in [3.63, 3.8) is 0 Å². The Bertz CT molecular complexity index is 1350. The van der Waals surface area contributed by atoms with Crippen molar-refractivity contribution in [1.29, 1.82) is 5.26 Å². The highest BCUT2D eigenvalue weighted by Crippen LogP contribution is 2.36. The third-order valence-corrected chi connectivity index (χ3v) is 9.18. The Hall–Kier alpha value is -3.09. The summed E-state index contributed by atoms with van der Waals surface area (Å²) in [6.45, 7) is 1.73. The first kappa shape index (κ1) is 23.6. The first-order valence-corrected chi connectivity index (χ1v) is 13.9. The minimum Gasteiger partial charge on any atom is -0.361 e. The van der Waals surface area contributed by atoms with E-state index in [0.29, 0.717) is 42.6 Å². The zero-order valence-corrected chi connectivity index (χ0v) is 20.5. The number of hydrogen-bond donors (Lipinski definition) is 2. The second-order valence-electron chi connectivity index (χ2n) is 9.73. The van der Waals surface area contributed by atoms with Gasteiger partial charge in [-0.2, -0.15) is 9.98 Å². The Morgan fingerprint density at radius 2 is 1.97 bits per heavy atom. The molecule has 2 fully saturated rings. The molecule has 5 rings (SSSR count). The van der Waals surface area contributed by atoms with Gasteiger partial charge in [-0.1, -0.05) is 25.3 Å². The number of aromatic amines is 1. The molecule has 3 aromatic rings. The van der Waals surface area contributed by atoms with Gasteiger partial charge in [0.25, 0.3) is 0 Å². The molecule has 3 heterocycles. The number of aryl methyl sites for hydroxylation is 1. The van der Waals surface area contributed by atoms with Gasteiger partial charge in [0.05, 0.1) is 4.90 Å². The highest BCUT2D eigenvalue weighted by atomic mass is 32.2. The van der Waals surface area contributed by atoms with Gasteiger partial charge < -0.3 is 14.5 Å². The Labute approximate surface area is 206 Å². The van der Waals surface area contributed by atoms with Crippen LogP contribution in [0, 0.1) is 23.2 Å². The van der Waals surface area contributed by atoms with Crippen LogP contribution in [0.1, 0.15) is 44.2 Å². The normalized spacial score (nSPS) is 21.4. The molecule has 8 nitrogen and oxygen atoms in total. The molecule has 2 aromatic heterocycles. The van der Waals surface area contributed by atoms with Gasteiger partial charge in [-0.25, -0.2) is 8.42 Å². The van der Waals surface area contributed by atoms with Gasteiger partial charge in [0, 0.05) is 42.9 Å². The molecule has 9 heteroatoms. The molecule has 184 valence electrons. The molecule has 1 saturated carbocycles. The van der Waals surface area contributed by atoms with Crippen molar-refractivity contribution in [2.45, 2.75) is 56.0 Å². The van der Waals surface area contributed by atoms with Crippen molar-refractivity contribution in [2.75, 3.05) is 13.1 Å². The lowest BCUT2D eigenvalue weighted by atomic mass is 9.75. The Morgan fingerprint density at radius 3 is 2.80 bits per heavy atom. The topological polar surface area (TPSA) is 111 Å². The first-order valence-electron chi connectivity index (χ1n) is 12.4. The third-order valence-electron chi connectivity index (χ3n) is 7.65. The third kappa shape index (κ3) is 4.86. The number of likely N-dealkylation sites (tertiary alicyclic amines) is 1. The number of rotatable bonds is 7. The molecule has 1 amide bonds. The minimum absolute atomic E-state index is 0.152. The van der Waals surface area contributed by atoms with Crippen LogP contribution in [0.5, 0.6) is 0 Å². The van der Waals surface area contributed by atoms with E-state index >= 15 is 0 Å². The number of H-pyrrole nitrogens is 1. The standard InChI is InChI=1S/C26H31N5O3S/c27-17-21-7-4-14-30(21)16-12-24(26(32)31-15-11-19-5-1-2-6-20(19)18-31)29-35(33,34)25-9-3-8-23-22(25)10-13-28-23/h3-4,7-10,13-14,19-20,24,28-29H,1-2,5-6,11-12,15-16,18H2/t19-,20-,24?/m0/s1. The summed E-state index contributed by atoms with van der Waals surface area (Å²) in [6.07, 6.45) is 9.55. The van der Waals surface area contributed by atoms with Crippen molar-refractivity contribution >= 4 is 26.8 Å². The van der Waals surface area contributed by atoms with Gasteiger partial charge in [0.15, 0.2) is 0 Å². The summed E-state index contributed by atoms with van der Waals surface area (Å²) in [5, 5.41) is 9.94. The van der Waals surface area contributed by atoms with E-state index in [9.17, 15) is 18.5 Å². The number of hydrogen-bond acceptors (Lipinski definition) is 4. The molecule has 0 radical (unpaired) electrons. The maximum Gasteiger partial charge on any atom is 0.241 e. The van der Waals surface area contributed by atoms with Crippen molar-refractivity contribution in [3.05, 3.63) is 54.5 Å². The van der Waals surface area contributed by atoms with E-state index in [1.807, 2.05) is 11.0 Å². The van der Waals surface area contributed by atoms with E-state index in [-0.39, 0.29) is 17.2 Å². The van der Waals surface area contributed by atoms with Gasteiger partial charge in [-0.15, -0.1) is 0 Å². The number of nitrogens with zero attached hydrogens (tertiary/aromatic N) is 3. The summed E-state index contributed by atoms with van der Waals surface area (Å²) in [5.74, 6) is 0.999. The summed E-state index contributed by atoms with van der Waals surface area (Å²) in [4.78, 5) is 18.8. The van der Waals surface area contributed by atoms with Crippen LogP contribution in [0.2, 0.25) is 0 Å². The number of carbonyl (C=O) groups excluding carboxylic acids is 1. The first-order chi connectivity index (χ1) is 17.0. The largest absolute Gasteiger partial charge is 0.361 e. The zero-order valence-electron chi connectivity index (χ0n) is 19.7. The van der Waals surface area contributed by atoms with E-state index < -0.39 is 16.1 Å². The van der Waals surface area contributed by atoms with Crippen LogP contribution >= 0.6 is 0 Å². The second kappa shape index (κ2) is 9.88. The Morgan fingerprint density at radius 1 is 1.14 bits per heavy atom. The molecule has 0 bridgehead atoms. The number of fused-ring (bicyclic) bond motifs is 2. The van der Waals surface area contributed by atoms with Crippen LogP contribution in [0.15, 0.2) is 53.7 Å². The van der Waals surface area contributed by atoms with Crippen molar-refractivity contribution in [2.24, 2.45) is 11.8 Å². The number of amides is 1. The quantitative estimate of drug-likeness (QED) is 0.524. The van der Waals surface area contributed by atoms with Crippen LogP contribution in [0.4, 0.5) is 0 Å². The number of carbonyl (C=O) groups is 1. The minimum atomic E-state index is -3.96. The van der Waals surface area contributed by atoms with Gasteiger partial charge in [0.1, 0.15) is 17.8 Å². The predicted octanol–water partition coefficient (Wildman–Crippen LogP) is 3.62. The summed E-state index contributed by atoms with van der Waals surface area (Å²) >= 11 is 0. The van der Waals surface area contributed by atoms with E-state index in [1.165, 1.54) is 19.3 Å². The van der Waals surface area contributed by atoms with E-state index in [1.54, 1.807) is 47.3 Å². The Kier molecular flexibility index (Phi) is 6.67. The summed E-state index contributed by atoms with van der Waals surface area (Å²) in [7, 11) is -3.96. The number of nitriles is 1. The molecular weight excluding hydrogens is 462 g/mol. The molecule has 1 aliphatic carbocycles. The predicted molar refractivity (Wildman–Crippen MR) is 133 cm³/mol. The van der Waals surface area contributed by atoms with E-state index in [4.69, 9.17) is 0 Å². The van der Waals surface area contributed by atoms with Crippen molar-refractivity contribution in [1.82, 2.24) is 19.2 Å². The molecule has 1 aliphatic heterocycles. The highest BCUT2D eigenvalue weighted by Gasteiger charge is 2.36. The van der Waals surface area contributed by atoms with Crippen LogP contribution < -0.4 is 4.72 Å². The maximum absolute atomic E-state index is 13.7. The van der Waals surface area contributed by atoms with Gasteiger partial charge in [0.2, 0.25) is 15.9 Å². The average Bonchev–Trinajstić information content (AvgIpc) is 3.54. The molecule has 3 atom stereocenters. The monoisotopic (exact) mass is 493 g/mol. The van der Waals surface area contributed by atoms with E-state index in [2.05, 4.69) is 15.8 Å². The smallest absolute Gasteiger partial charge is 0.241 e. The number of aromatic nitrogens is 2. The fraction of sp³-hybridized carbons (Fsp3) is 0.462. The van der Waals surface area contributed by atoms with E-state index in [0.717, 1.165) is 18.4 Å². The molecule has 2 N–H and O–H groups in total. The van der Waals surface area contributed by atoms with Crippen molar-refractivity contribution < 1.29 is 13.2 Å². The number of nitrogens with one attached hydrogen (secondary N) is 2. The molecule has 0 spiro atoms. The molecule has 35 heavy (non-hydrogen) atoms. The van der Waals surface area contributed by atoms with Gasteiger partial charge in [-0.05, 0) is 61.4 Å². The van der Waals surface area contributed by atoms with Crippen LogP contribution in [-0.2, 0) is 21.4 Å². The lowest BCUT2D eigenvalue weighted by Crippen LogP contribution is -2.53.